The number of carbonyl (C=O) groups is 2. The number of hydrogen-bond donors (Lipinski definition) is 1. The van der Waals surface area contributed by atoms with E-state index in [2.05, 4.69) is 5.32 Å². The number of allylic oxidation sites excluding steroid dienone is 3. The number of dihydropyridines is 1. The van der Waals surface area contributed by atoms with Crippen molar-refractivity contribution in [2.24, 2.45) is 0 Å². The van der Waals surface area contributed by atoms with Crippen molar-refractivity contribution in [3.05, 3.63) is 82.2 Å². The number of ketones is 1. The van der Waals surface area contributed by atoms with E-state index in [1.807, 2.05) is 56.3 Å². The van der Waals surface area contributed by atoms with Crippen LogP contribution < -0.4 is 14.8 Å². The van der Waals surface area contributed by atoms with Crippen LogP contribution in [0.3, 0.4) is 0 Å². The van der Waals surface area contributed by atoms with Crippen molar-refractivity contribution >= 4 is 11.8 Å². The lowest BCUT2D eigenvalue weighted by molar-refractivity contribution is -0.140. The van der Waals surface area contributed by atoms with Gasteiger partial charge < -0.3 is 19.5 Å². The molecule has 6 heteroatoms. The fourth-order valence-corrected chi connectivity index (χ4v) is 3.96. The molecule has 2 heterocycles. The monoisotopic (exact) mass is 405 g/mol. The van der Waals surface area contributed by atoms with Crippen LogP contribution in [-0.2, 0) is 20.9 Å². The summed E-state index contributed by atoms with van der Waals surface area (Å²) in [7, 11) is 0. The molecule has 2 aliphatic heterocycles. The lowest BCUT2D eigenvalue weighted by Gasteiger charge is -2.30. The van der Waals surface area contributed by atoms with Crippen molar-refractivity contribution in [3.8, 4) is 11.5 Å². The summed E-state index contributed by atoms with van der Waals surface area (Å²) in [5.41, 5.74) is 4.01. The van der Waals surface area contributed by atoms with Crippen molar-refractivity contribution < 1.29 is 23.8 Å². The van der Waals surface area contributed by atoms with E-state index in [0.717, 1.165) is 16.8 Å². The zero-order valence-corrected chi connectivity index (χ0v) is 17.2. The van der Waals surface area contributed by atoms with Crippen LogP contribution in [0.5, 0.6) is 11.5 Å². The first-order chi connectivity index (χ1) is 14.5. The molecule has 6 nitrogen and oxygen atoms in total. The van der Waals surface area contributed by atoms with Gasteiger partial charge in [-0.25, -0.2) is 4.79 Å². The van der Waals surface area contributed by atoms with Crippen LogP contribution in [0, 0.1) is 0 Å². The molecule has 2 aromatic carbocycles. The normalized spacial score (nSPS) is 17.6. The molecule has 1 unspecified atom stereocenters. The van der Waals surface area contributed by atoms with Gasteiger partial charge in [-0.05, 0) is 44.0 Å². The van der Waals surface area contributed by atoms with E-state index in [0.29, 0.717) is 28.3 Å². The summed E-state index contributed by atoms with van der Waals surface area (Å²) in [6.07, 6.45) is 0. The molecule has 1 N–H and O–H groups in total. The highest BCUT2D eigenvalue weighted by Crippen LogP contribution is 2.42. The van der Waals surface area contributed by atoms with Crippen LogP contribution in [0.15, 0.2) is 71.1 Å². The van der Waals surface area contributed by atoms with E-state index in [-0.39, 0.29) is 19.2 Å². The maximum atomic E-state index is 13.2. The smallest absolute Gasteiger partial charge is 0.337 e. The number of Topliss-reactive ketones (excluding diaryl/α,β-unsaturated/α-hetero) is 1. The molecule has 2 aromatic rings. The Morgan fingerprint density at radius 3 is 2.43 bits per heavy atom. The number of rotatable bonds is 5. The minimum absolute atomic E-state index is 0.108. The van der Waals surface area contributed by atoms with Gasteiger partial charge in [0.15, 0.2) is 17.3 Å². The summed E-state index contributed by atoms with van der Waals surface area (Å²) in [6.45, 7) is 5.47. The van der Waals surface area contributed by atoms with Crippen LogP contribution in [0.1, 0.15) is 37.8 Å². The molecular formula is C24H23NO5. The molecule has 4 rings (SSSR count). The zero-order chi connectivity index (χ0) is 21.3. The lowest BCUT2D eigenvalue weighted by Crippen LogP contribution is -2.31. The summed E-state index contributed by atoms with van der Waals surface area (Å²) in [4.78, 5) is 25.7. The van der Waals surface area contributed by atoms with Crippen LogP contribution >= 0.6 is 0 Å². The molecule has 2 aliphatic rings. The molecule has 154 valence electrons. The average Bonchev–Trinajstić information content (AvgIpc) is 3.19. The summed E-state index contributed by atoms with van der Waals surface area (Å²) in [5.74, 6) is 0.121. The quantitative estimate of drug-likeness (QED) is 0.759. The van der Waals surface area contributed by atoms with E-state index in [1.165, 1.54) is 6.92 Å². The Labute approximate surface area is 175 Å². The second kappa shape index (κ2) is 8.06. The molecular weight excluding hydrogens is 382 g/mol. The molecule has 0 radical (unpaired) electrons. The first kappa shape index (κ1) is 19.8. The Bertz CT molecular complexity index is 1070. The standard InChI is InChI=1S/C24H23NO5/c1-14-21(16(3)26)23(18-9-10-19-20(11-18)30-13-29-19)22(15(2)25-14)24(27)28-12-17-7-5-4-6-8-17/h4-11,23,25H,12-13H2,1-3H3. The second-order valence-corrected chi connectivity index (χ2v) is 7.37. The largest absolute Gasteiger partial charge is 0.457 e. The predicted molar refractivity (Wildman–Crippen MR) is 111 cm³/mol. The van der Waals surface area contributed by atoms with Crippen LogP contribution in [-0.4, -0.2) is 18.5 Å². The van der Waals surface area contributed by atoms with E-state index in [1.54, 1.807) is 6.07 Å². The van der Waals surface area contributed by atoms with Gasteiger partial charge in [0.25, 0.3) is 0 Å². The number of esters is 1. The third-order valence-electron chi connectivity index (χ3n) is 5.30. The molecule has 0 fully saturated rings. The Hall–Kier alpha value is -3.54. The number of hydrogen-bond acceptors (Lipinski definition) is 6. The van der Waals surface area contributed by atoms with Gasteiger partial charge in [0.2, 0.25) is 6.79 Å². The minimum atomic E-state index is -0.554. The van der Waals surface area contributed by atoms with Crippen LogP contribution in [0.4, 0.5) is 0 Å². The maximum Gasteiger partial charge on any atom is 0.337 e. The minimum Gasteiger partial charge on any atom is -0.457 e. The number of nitrogens with one attached hydrogen (secondary N) is 1. The highest BCUT2D eigenvalue weighted by atomic mass is 16.7. The molecule has 0 amide bonds. The fourth-order valence-electron chi connectivity index (χ4n) is 3.96. The van der Waals surface area contributed by atoms with Crippen molar-refractivity contribution in [1.82, 2.24) is 5.32 Å². The first-order valence-electron chi connectivity index (χ1n) is 9.75. The molecule has 0 aliphatic carbocycles. The Morgan fingerprint density at radius 1 is 1.00 bits per heavy atom. The Kier molecular flexibility index (Phi) is 5.31. The third-order valence-corrected chi connectivity index (χ3v) is 5.30. The van der Waals surface area contributed by atoms with Crippen LogP contribution in [0.25, 0.3) is 0 Å². The summed E-state index contributed by atoms with van der Waals surface area (Å²) in [6, 6.07) is 15.0. The topological polar surface area (TPSA) is 73.9 Å². The molecule has 0 saturated carbocycles. The number of carbonyl (C=O) groups excluding carboxylic acids is 2. The van der Waals surface area contributed by atoms with Gasteiger partial charge in [-0.2, -0.15) is 0 Å². The summed E-state index contributed by atoms with van der Waals surface area (Å²) < 4.78 is 16.5. The first-order valence-corrected chi connectivity index (χ1v) is 9.75. The number of benzene rings is 2. The van der Waals surface area contributed by atoms with E-state index < -0.39 is 11.9 Å². The third kappa shape index (κ3) is 3.68. The van der Waals surface area contributed by atoms with Gasteiger partial charge in [0.05, 0.1) is 5.57 Å². The van der Waals surface area contributed by atoms with Crippen LogP contribution in [0.2, 0.25) is 0 Å². The molecule has 30 heavy (non-hydrogen) atoms. The number of fused-ring (bicyclic) bond motifs is 1. The number of ether oxygens (including phenoxy) is 3. The highest BCUT2D eigenvalue weighted by Gasteiger charge is 2.36. The fraction of sp³-hybridized carbons (Fsp3) is 0.250. The van der Waals surface area contributed by atoms with Gasteiger partial charge in [-0.3, -0.25) is 4.79 Å². The van der Waals surface area contributed by atoms with E-state index in [9.17, 15) is 9.59 Å². The lowest BCUT2D eigenvalue weighted by atomic mass is 9.79. The zero-order valence-electron chi connectivity index (χ0n) is 17.2. The highest BCUT2D eigenvalue weighted by molar-refractivity contribution is 6.02. The van der Waals surface area contributed by atoms with Gasteiger partial charge >= 0.3 is 5.97 Å². The second-order valence-electron chi connectivity index (χ2n) is 7.37. The van der Waals surface area contributed by atoms with Gasteiger partial charge in [0.1, 0.15) is 6.61 Å². The summed E-state index contributed by atoms with van der Waals surface area (Å²) in [5, 5.41) is 3.17. The van der Waals surface area contributed by atoms with Crippen molar-refractivity contribution in [1.29, 1.82) is 0 Å². The average molecular weight is 405 g/mol. The molecule has 0 bridgehead atoms. The van der Waals surface area contributed by atoms with Gasteiger partial charge in [0, 0.05) is 22.9 Å². The molecule has 1 atom stereocenters. The SMILES string of the molecule is CC(=O)C1=C(C)NC(C)=C(C(=O)OCc2ccccc2)C1c1ccc2c(c1)OCO2. The summed E-state index contributed by atoms with van der Waals surface area (Å²) >= 11 is 0. The van der Waals surface area contributed by atoms with Gasteiger partial charge in [-0.1, -0.05) is 36.4 Å². The van der Waals surface area contributed by atoms with Crippen molar-refractivity contribution in [3.63, 3.8) is 0 Å². The predicted octanol–water partition coefficient (Wildman–Crippen LogP) is 3.98. The Morgan fingerprint density at radius 2 is 1.70 bits per heavy atom. The molecule has 0 spiro atoms. The van der Waals surface area contributed by atoms with Crippen molar-refractivity contribution in [2.75, 3.05) is 6.79 Å². The molecule has 0 saturated heterocycles. The van der Waals surface area contributed by atoms with Crippen molar-refractivity contribution in [2.45, 2.75) is 33.3 Å². The molecule has 0 aromatic heterocycles. The maximum absolute atomic E-state index is 13.2. The van der Waals surface area contributed by atoms with E-state index in [4.69, 9.17) is 14.2 Å². The van der Waals surface area contributed by atoms with Gasteiger partial charge in [-0.15, -0.1) is 0 Å². The Balaban J connectivity index is 1.71. The van der Waals surface area contributed by atoms with E-state index >= 15 is 0 Å².